The zero-order chi connectivity index (χ0) is 30.0. The minimum Gasteiger partial charge on any atom is -0.492 e. The molecule has 2 aromatic rings. The van der Waals surface area contributed by atoms with E-state index >= 15 is 0 Å². The molecule has 2 unspecified atom stereocenters. The van der Waals surface area contributed by atoms with Crippen LogP contribution in [0.25, 0.3) is 0 Å². The van der Waals surface area contributed by atoms with Crippen molar-refractivity contribution in [2.45, 2.75) is 10.1 Å². The molecule has 0 amide bonds. The third kappa shape index (κ3) is 8.97. The van der Waals surface area contributed by atoms with Crippen molar-refractivity contribution in [2.24, 2.45) is 0 Å². The van der Waals surface area contributed by atoms with E-state index in [1.165, 1.54) is 23.5 Å². The van der Waals surface area contributed by atoms with Gasteiger partial charge in [0.25, 0.3) is 10.2 Å². The highest BCUT2D eigenvalue weighted by Gasteiger charge is 2.46. The van der Waals surface area contributed by atoms with Gasteiger partial charge in [0.05, 0.1) is 0 Å². The number of ether oxygens (including phenoxy) is 4. The Hall–Kier alpha value is -4.04. The molecule has 2 heterocycles. The molecule has 2 aliphatic heterocycles. The summed E-state index contributed by atoms with van der Waals surface area (Å²) in [5, 5.41) is 22.2. The minimum absolute atomic E-state index is 0. The van der Waals surface area contributed by atoms with Crippen LogP contribution in [0.3, 0.4) is 0 Å². The second-order valence-corrected chi connectivity index (χ2v) is 11.0. The summed E-state index contributed by atoms with van der Waals surface area (Å²) >= 11 is 2.58. The predicted molar refractivity (Wildman–Crippen MR) is 150 cm³/mol. The summed E-state index contributed by atoms with van der Waals surface area (Å²) in [6.45, 7) is 0.478. The summed E-state index contributed by atoms with van der Waals surface area (Å²) in [4.78, 5) is 55.0. The maximum absolute atomic E-state index is 13.0. The first-order valence-corrected chi connectivity index (χ1v) is 14.4. The van der Waals surface area contributed by atoms with Gasteiger partial charge in [-0.25, -0.2) is 9.59 Å². The van der Waals surface area contributed by atoms with Crippen molar-refractivity contribution in [1.82, 2.24) is 10.6 Å². The van der Waals surface area contributed by atoms with Crippen molar-refractivity contribution >= 4 is 35.5 Å². The van der Waals surface area contributed by atoms with E-state index in [9.17, 15) is 29.8 Å². The number of thioether (sulfide) groups is 2. The Morgan fingerprint density at radius 1 is 0.698 bits per heavy atom. The smallest absolute Gasteiger partial charge is 0.420 e. The van der Waals surface area contributed by atoms with Gasteiger partial charge in [0.2, 0.25) is 10.1 Å². The summed E-state index contributed by atoms with van der Waals surface area (Å²) in [7, 11) is 0. The Labute approximate surface area is 252 Å². The molecule has 2 aliphatic rings. The monoisotopic (exact) mass is 644 g/mol. The number of esters is 2. The van der Waals surface area contributed by atoms with E-state index in [0.717, 1.165) is 0 Å². The molecule has 0 bridgehead atoms. The standard InChI is InChI=1S/C24H26N4O12S2.H2O/c29-21(39-23(25-9-15-41-23)17-1-5-19(6-2-17)35-11-13-37-27(31)32)22(30)40-24(26-10-16-42-24)18-3-7-20(8-4-18)36-12-14-38-28(33)34;/h1-8,25-26H,9-16H2;1H2. The second-order valence-electron chi connectivity index (χ2n) is 8.42. The molecule has 4 N–H and O–H groups in total. The fourth-order valence-electron chi connectivity index (χ4n) is 3.97. The van der Waals surface area contributed by atoms with Crippen LogP contribution < -0.4 is 20.1 Å². The number of benzene rings is 2. The largest absolute Gasteiger partial charge is 0.492 e. The lowest BCUT2D eigenvalue weighted by atomic mass is 10.2. The molecular formula is C24H28N4O13S2. The molecule has 19 heteroatoms. The zero-order valence-electron chi connectivity index (χ0n) is 22.4. The van der Waals surface area contributed by atoms with E-state index in [0.29, 0.717) is 47.2 Å². The van der Waals surface area contributed by atoms with Crippen LogP contribution in [0.4, 0.5) is 0 Å². The van der Waals surface area contributed by atoms with Crippen LogP contribution in [0.15, 0.2) is 48.5 Å². The van der Waals surface area contributed by atoms with E-state index in [-0.39, 0.29) is 31.9 Å². The van der Waals surface area contributed by atoms with Crippen LogP contribution in [0, 0.1) is 20.2 Å². The average molecular weight is 645 g/mol. The second kappa shape index (κ2) is 15.4. The van der Waals surface area contributed by atoms with Crippen molar-refractivity contribution in [1.29, 1.82) is 0 Å². The Kier molecular flexibility index (Phi) is 12.0. The fourth-order valence-corrected chi connectivity index (χ4v) is 6.24. The molecule has 2 saturated heterocycles. The van der Waals surface area contributed by atoms with Crippen LogP contribution in [-0.2, 0) is 38.9 Å². The average Bonchev–Trinajstić information content (AvgIpc) is 3.65. The van der Waals surface area contributed by atoms with Gasteiger partial charge >= 0.3 is 11.9 Å². The van der Waals surface area contributed by atoms with Crippen LogP contribution in [0.2, 0.25) is 0 Å². The van der Waals surface area contributed by atoms with Crippen LogP contribution in [-0.4, -0.2) is 78.6 Å². The quantitative estimate of drug-likeness (QED) is 0.0948. The van der Waals surface area contributed by atoms with E-state index in [2.05, 4.69) is 20.3 Å². The first kappa shape index (κ1) is 33.5. The van der Waals surface area contributed by atoms with E-state index in [1.54, 1.807) is 48.5 Å². The SMILES string of the molecule is O.O=C(OC1(c2ccc(OCCO[N+](=O)[O-])cc2)NCCS1)C(=O)OC1(c2ccc(OCCO[N+](=O)[O-])cc2)NCCS1. The lowest BCUT2D eigenvalue weighted by Gasteiger charge is -2.31. The zero-order valence-corrected chi connectivity index (χ0v) is 24.0. The van der Waals surface area contributed by atoms with Crippen molar-refractivity contribution < 1.29 is 53.9 Å². The van der Waals surface area contributed by atoms with Gasteiger partial charge in [0.15, 0.2) is 0 Å². The Bertz CT molecular complexity index is 1160. The summed E-state index contributed by atoms with van der Waals surface area (Å²) in [5.41, 5.74) is 1.09. The van der Waals surface area contributed by atoms with Gasteiger partial charge in [-0.15, -0.1) is 20.2 Å². The number of nitrogens with one attached hydrogen (secondary N) is 2. The highest BCUT2D eigenvalue weighted by Crippen LogP contribution is 2.42. The van der Waals surface area contributed by atoms with Gasteiger partial charge in [0, 0.05) is 35.7 Å². The molecule has 17 nitrogen and oxygen atoms in total. The number of rotatable bonds is 14. The first-order valence-electron chi connectivity index (χ1n) is 12.5. The molecule has 0 aliphatic carbocycles. The van der Waals surface area contributed by atoms with Crippen LogP contribution in [0.1, 0.15) is 11.1 Å². The molecule has 2 fully saturated rings. The molecule has 234 valence electrons. The van der Waals surface area contributed by atoms with Gasteiger partial charge in [-0.05, 0) is 48.5 Å². The fraction of sp³-hybridized carbons (Fsp3) is 0.417. The van der Waals surface area contributed by atoms with Crippen molar-refractivity contribution in [3.05, 3.63) is 79.9 Å². The highest BCUT2D eigenvalue weighted by molar-refractivity contribution is 8.00. The maximum atomic E-state index is 13.0. The lowest BCUT2D eigenvalue weighted by molar-refractivity contribution is -0.757. The topological polar surface area (TPSA) is 231 Å². The molecule has 4 rings (SSSR count). The summed E-state index contributed by atoms with van der Waals surface area (Å²) < 4.78 is 22.2. The molecule has 0 spiro atoms. The number of hydrogen-bond donors (Lipinski definition) is 2. The molecule has 2 aromatic carbocycles. The van der Waals surface area contributed by atoms with Gasteiger partial charge < -0.3 is 34.1 Å². The molecule has 0 aromatic heterocycles. The normalized spacial score (nSPS) is 20.7. The third-order valence-electron chi connectivity index (χ3n) is 5.74. The summed E-state index contributed by atoms with van der Waals surface area (Å²) in [6, 6.07) is 13.0. The first-order chi connectivity index (χ1) is 20.2. The molecule has 2 atom stereocenters. The molecule has 0 radical (unpaired) electrons. The number of nitrogens with zero attached hydrogens (tertiary/aromatic N) is 2. The number of carbonyl (C=O) groups excluding carboxylic acids is 2. The third-order valence-corrected chi connectivity index (χ3v) is 8.29. The van der Waals surface area contributed by atoms with Crippen molar-refractivity contribution in [3.63, 3.8) is 0 Å². The lowest BCUT2D eigenvalue weighted by Crippen LogP contribution is -2.45. The van der Waals surface area contributed by atoms with Gasteiger partial charge in [-0.1, -0.05) is 23.5 Å². The van der Waals surface area contributed by atoms with E-state index in [4.69, 9.17) is 18.9 Å². The van der Waals surface area contributed by atoms with Crippen LogP contribution in [0.5, 0.6) is 11.5 Å². The Morgan fingerprint density at radius 3 is 1.37 bits per heavy atom. The molecular weight excluding hydrogens is 616 g/mol. The van der Waals surface area contributed by atoms with Crippen LogP contribution >= 0.6 is 23.5 Å². The molecule has 43 heavy (non-hydrogen) atoms. The van der Waals surface area contributed by atoms with Gasteiger partial charge in [-0.3, -0.25) is 10.6 Å². The Morgan fingerprint density at radius 2 is 1.07 bits per heavy atom. The van der Waals surface area contributed by atoms with E-state index < -0.39 is 32.2 Å². The van der Waals surface area contributed by atoms with Gasteiger partial charge in [-0.2, -0.15) is 0 Å². The molecule has 0 saturated carbocycles. The maximum Gasteiger partial charge on any atom is 0.420 e. The van der Waals surface area contributed by atoms with Gasteiger partial charge in [0.1, 0.15) is 37.9 Å². The summed E-state index contributed by atoms with van der Waals surface area (Å²) in [6.07, 6.45) is 0. The minimum atomic E-state index is -1.34. The summed E-state index contributed by atoms with van der Waals surface area (Å²) in [5.74, 6) is -0.356. The highest BCUT2D eigenvalue weighted by atomic mass is 32.2. The van der Waals surface area contributed by atoms with Crippen molar-refractivity contribution in [3.8, 4) is 11.5 Å². The predicted octanol–water partition coefficient (Wildman–Crippen LogP) is 0.716. The number of hydrogen-bond acceptors (Lipinski definition) is 16. The number of carbonyl (C=O) groups is 2. The van der Waals surface area contributed by atoms with E-state index in [1.807, 2.05) is 0 Å². The Balaban J connectivity index is 0.00000506. The van der Waals surface area contributed by atoms with Crippen molar-refractivity contribution in [2.75, 3.05) is 51.0 Å².